The second-order valence-electron chi connectivity index (χ2n) is 6.53. The third kappa shape index (κ3) is 5.16. The van der Waals surface area contributed by atoms with Crippen LogP contribution < -0.4 is 14.8 Å². The third-order valence-corrected chi connectivity index (χ3v) is 4.51. The summed E-state index contributed by atoms with van der Waals surface area (Å²) in [5.74, 6) is 0.303. The Labute approximate surface area is 169 Å². The minimum atomic E-state index is -0.583. The number of amides is 1. The zero-order valence-electron chi connectivity index (χ0n) is 16.6. The fourth-order valence-electron chi connectivity index (χ4n) is 2.81. The van der Waals surface area contributed by atoms with Gasteiger partial charge in [0.2, 0.25) is 0 Å². The van der Waals surface area contributed by atoms with Crippen molar-refractivity contribution in [3.63, 3.8) is 0 Å². The van der Waals surface area contributed by atoms with Crippen LogP contribution in [0.4, 0.5) is 5.69 Å². The van der Waals surface area contributed by atoms with Gasteiger partial charge in [-0.05, 0) is 42.2 Å². The van der Waals surface area contributed by atoms with E-state index in [0.29, 0.717) is 17.4 Å². The Hall–Kier alpha value is -2.73. The number of nitrogens with one attached hydrogen (secondary N) is 1. The molecule has 0 spiro atoms. The van der Waals surface area contributed by atoms with E-state index < -0.39 is 5.97 Å². The van der Waals surface area contributed by atoms with Crippen molar-refractivity contribution >= 4 is 29.2 Å². The monoisotopic (exact) mass is 405 g/mol. The number of carbonyl (C=O) groups excluding carboxylic acids is 2. The van der Waals surface area contributed by atoms with Crippen molar-refractivity contribution < 1.29 is 23.8 Å². The van der Waals surface area contributed by atoms with Crippen LogP contribution in [-0.4, -0.2) is 32.7 Å². The number of aryl methyl sites for hydroxylation is 1. The van der Waals surface area contributed by atoms with E-state index in [2.05, 4.69) is 19.2 Å². The van der Waals surface area contributed by atoms with E-state index in [0.717, 1.165) is 5.56 Å². The van der Waals surface area contributed by atoms with Crippen LogP contribution in [0.3, 0.4) is 0 Å². The molecule has 0 saturated carbocycles. The molecule has 28 heavy (non-hydrogen) atoms. The van der Waals surface area contributed by atoms with Gasteiger partial charge < -0.3 is 19.5 Å². The number of carbonyl (C=O) groups is 2. The van der Waals surface area contributed by atoms with Gasteiger partial charge in [-0.1, -0.05) is 31.5 Å². The molecule has 150 valence electrons. The number of hydrogen-bond acceptors (Lipinski definition) is 5. The average molecular weight is 406 g/mol. The first-order valence-corrected chi connectivity index (χ1v) is 9.13. The fraction of sp³-hybridized carbons (Fsp3) is 0.333. The maximum absolute atomic E-state index is 12.2. The number of methoxy groups -OCH3 is 2. The predicted octanol–water partition coefficient (Wildman–Crippen LogP) is 4.58. The van der Waals surface area contributed by atoms with E-state index in [1.807, 2.05) is 25.1 Å². The lowest BCUT2D eigenvalue weighted by Gasteiger charge is -2.14. The molecule has 7 heteroatoms. The van der Waals surface area contributed by atoms with Crippen molar-refractivity contribution in [2.24, 2.45) is 0 Å². The van der Waals surface area contributed by atoms with Crippen LogP contribution in [0.15, 0.2) is 30.3 Å². The zero-order chi connectivity index (χ0) is 20.8. The van der Waals surface area contributed by atoms with Crippen molar-refractivity contribution in [3.8, 4) is 11.5 Å². The Morgan fingerprint density at radius 2 is 1.86 bits per heavy atom. The van der Waals surface area contributed by atoms with Gasteiger partial charge in [0.05, 0.1) is 24.9 Å². The first kappa shape index (κ1) is 21.6. The summed E-state index contributed by atoms with van der Waals surface area (Å²) in [4.78, 5) is 24.0. The highest BCUT2D eigenvalue weighted by atomic mass is 35.5. The van der Waals surface area contributed by atoms with E-state index in [4.69, 9.17) is 25.8 Å². The number of esters is 1. The van der Waals surface area contributed by atoms with Crippen LogP contribution in [0.2, 0.25) is 5.02 Å². The maximum Gasteiger partial charge on any atom is 0.341 e. The highest BCUT2D eigenvalue weighted by molar-refractivity contribution is 6.34. The number of anilines is 1. The summed E-state index contributed by atoms with van der Waals surface area (Å²) >= 11 is 6.17. The summed E-state index contributed by atoms with van der Waals surface area (Å²) in [7, 11) is 2.67. The van der Waals surface area contributed by atoms with Crippen LogP contribution in [0.1, 0.15) is 41.3 Å². The number of rotatable bonds is 7. The normalized spacial score (nSPS) is 10.5. The van der Waals surface area contributed by atoms with Gasteiger partial charge in [-0.25, -0.2) is 4.79 Å². The molecule has 2 rings (SSSR count). The molecule has 0 aliphatic rings. The molecule has 0 heterocycles. The van der Waals surface area contributed by atoms with Gasteiger partial charge in [0.1, 0.15) is 17.1 Å². The van der Waals surface area contributed by atoms with Crippen molar-refractivity contribution in [1.29, 1.82) is 0 Å². The van der Waals surface area contributed by atoms with E-state index >= 15 is 0 Å². The molecule has 0 aromatic heterocycles. The van der Waals surface area contributed by atoms with E-state index in [1.54, 1.807) is 0 Å². The lowest BCUT2D eigenvalue weighted by Crippen LogP contribution is -2.20. The number of benzene rings is 2. The standard InChI is InChI=1S/C21H24ClNO5/c1-12(2)15-7-6-14(8-13(15)3)28-11-20(24)23-18-10-19(26-4)16(9-17(18)22)21(25)27-5/h6-10,12H,11H2,1-5H3,(H,23,24). The van der Waals surface area contributed by atoms with Gasteiger partial charge in [-0.3, -0.25) is 4.79 Å². The molecule has 0 fully saturated rings. The van der Waals surface area contributed by atoms with Crippen molar-refractivity contribution in [1.82, 2.24) is 0 Å². The van der Waals surface area contributed by atoms with Crippen LogP contribution in [0.5, 0.6) is 11.5 Å². The van der Waals surface area contributed by atoms with E-state index in [-0.39, 0.29) is 28.8 Å². The summed E-state index contributed by atoms with van der Waals surface area (Å²) in [6, 6.07) is 8.60. The maximum atomic E-state index is 12.2. The fourth-order valence-corrected chi connectivity index (χ4v) is 3.02. The lowest BCUT2D eigenvalue weighted by atomic mass is 9.98. The van der Waals surface area contributed by atoms with Gasteiger partial charge in [-0.2, -0.15) is 0 Å². The lowest BCUT2D eigenvalue weighted by molar-refractivity contribution is -0.118. The van der Waals surface area contributed by atoms with Gasteiger partial charge in [0, 0.05) is 6.07 Å². The Morgan fingerprint density at radius 3 is 2.43 bits per heavy atom. The molecule has 0 bridgehead atoms. The molecule has 0 radical (unpaired) electrons. The van der Waals surface area contributed by atoms with Gasteiger partial charge in [-0.15, -0.1) is 0 Å². The highest BCUT2D eigenvalue weighted by Crippen LogP contribution is 2.31. The topological polar surface area (TPSA) is 73.9 Å². The second kappa shape index (κ2) is 9.46. The molecule has 0 unspecified atom stereocenters. The molecule has 1 amide bonds. The zero-order valence-corrected chi connectivity index (χ0v) is 17.3. The molecule has 2 aromatic rings. The Kier molecular flexibility index (Phi) is 7.29. The van der Waals surface area contributed by atoms with E-state index in [1.165, 1.54) is 31.9 Å². The first-order valence-electron chi connectivity index (χ1n) is 8.75. The predicted molar refractivity (Wildman–Crippen MR) is 109 cm³/mol. The number of halogens is 1. The summed E-state index contributed by atoms with van der Waals surface area (Å²) in [5.41, 5.74) is 2.83. The quantitative estimate of drug-likeness (QED) is 0.682. The van der Waals surface area contributed by atoms with Crippen LogP contribution in [0, 0.1) is 6.92 Å². The van der Waals surface area contributed by atoms with Crippen LogP contribution >= 0.6 is 11.6 Å². The SMILES string of the molecule is COC(=O)c1cc(Cl)c(NC(=O)COc2ccc(C(C)C)c(C)c2)cc1OC. The molecule has 1 N–H and O–H groups in total. The van der Waals surface area contributed by atoms with Crippen LogP contribution in [0.25, 0.3) is 0 Å². The number of hydrogen-bond donors (Lipinski definition) is 1. The Morgan fingerprint density at radius 1 is 1.14 bits per heavy atom. The average Bonchev–Trinajstić information content (AvgIpc) is 2.66. The molecule has 0 atom stereocenters. The molecule has 0 saturated heterocycles. The second-order valence-corrected chi connectivity index (χ2v) is 6.94. The van der Waals surface area contributed by atoms with Crippen molar-refractivity contribution in [2.75, 3.05) is 26.1 Å². The van der Waals surface area contributed by atoms with Crippen molar-refractivity contribution in [2.45, 2.75) is 26.7 Å². The molecule has 0 aliphatic carbocycles. The van der Waals surface area contributed by atoms with Crippen molar-refractivity contribution in [3.05, 3.63) is 52.0 Å². The Balaban J connectivity index is 2.07. The first-order chi connectivity index (χ1) is 13.3. The highest BCUT2D eigenvalue weighted by Gasteiger charge is 2.17. The largest absolute Gasteiger partial charge is 0.496 e. The summed E-state index contributed by atoms with van der Waals surface area (Å²) in [6.07, 6.45) is 0. The molecule has 0 aliphatic heterocycles. The summed E-state index contributed by atoms with van der Waals surface area (Å²) < 4.78 is 15.4. The minimum Gasteiger partial charge on any atom is -0.496 e. The third-order valence-electron chi connectivity index (χ3n) is 4.20. The number of ether oxygens (including phenoxy) is 3. The smallest absolute Gasteiger partial charge is 0.341 e. The van der Waals surface area contributed by atoms with Gasteiger partial charge in [0.15, 0.2) is 6.61 Å². The summed E-state index contributed by atoms with van der Waals surface area (Å²) in [5, 5.41) is 2.84. The minimum absolute atomic E-state index is 0.171. The van der Waals surface area contributed by atoms with Crippen LogP contribution in [-0.2, 0) is 9.53 Å². The molecule has 2 aromatic carbocycles. The molecular weight excluding hydrogens is 382 g/mol. The Bertz CT molecular complexity index is 879. The molecular formula is C21H24ClNO5. The van der Waals surface area contributed by atoms with Gasteiger partial charge in [0.25, 0.3) is 5.91 Å². The van der Waals surface area contributed by atoms with E-state index in [9.17, 15) is 9.59 Å². The summed E-state index contributed by atoms with van der Waals surface area (Å²) in [6.45, 7) is 6.08. The molecule has 6 nitrogen and oxygen atoms in total. The van der Waals surface area contributed by atoms with Gasteiger partial charge >= 0.3 is 5.97 Å².